The van der Waals surface area contributed by atoms with Crippen molar-refractivity contribution in [1.29, 1.82) is 0 Å². The molecule has 0 aromatic rings. The minimum atomic E-state index is -0.754. The first-order chi connectivity index (χ1) is 9.60. The number of amides is 1. The Morgan fingerprint density at radius 3 is 2.50 bits per heavy atom. The van der Waals surface area contributed by atoms with E-state index in [0.29, 0.717) is 19.3 Å². The van der Waals surface area contributed by atoms with E-state index in [2.05, 4.69) is 5.32 Å². The zero-order valence-electron chi connectivity index (χ0n) is 12.1. The lowest BCUT2D eigenvalue weighted by Crippen LogP contribution is -2.42. The van der Waals surface area contributed by atoms with Gasteiger partial charge in [0.15, 0.2) is 0 Å². The van der Waals surface area contributed by atoms with Gasteiger partial charge in [-0.3, -0.25) is 9.59 Å². The molecule has 0 saturated heterocycles. The summed E-state index contributed by atoms with van der Waals surface area (Å²) in [6.07, 6.45) is 6.92. The van der Waals surface area contributed by atoms with Crippen LogP contribution in [0.3, 0.4) is 0 Å². The average molecular weight is 283 g/mol. The van der Waals surface area contributed by atoms with Crippen LogP contribution in [-0.2, 0) is 14.3 Å². The molecule has 0 heterocycles. The van der Waals surface area contributed by atoms with Gasteiger partial charge in [0, 0.05) is 6.04 Å². The van der Waals surface area contributed by atoms with E-state index in [0.717, 1.165) is 19.3 Å². The maximum absolute atomic E-state index is 12.2. The molecular formula is C15H25NO4. The van der Waals surface area contributed by atoms with Crippen molar-refractivity contribution >= 4 is 11.9 Å². The number of ether oxygens (including phenoxy) is 1. The number of carbonyl (C=O) groups excluding carboxylic acids is 1. The number of carboxylic acids is 1. The average Bonchev–Trinajstić information content (AvgIpc) is 3.06. The quantitative estimate of drug-likeness (QED) is 0.782. The molecule has 1 unspecified atom stereocenters. The second-order valence-electron chi connectivity index (χ2n) is 5.99. The van der Waals surface area contributed by atoms with Gasteiger partial charge in [-0.05, 0) is 38.5 Å². The van der Waals surface area contributed by atoms with Crippen molar-refractivity contribution in [2.45, 2.75) is 76.5 Å². The molecule has 2 rings (SSSR count). The molecule has 2 aliphatic carbocycles. The van der Waals surface area contributed by atoms with Gasteiger partial charge in [-0.2, -0.15) is 0 Å². The van der Waals surface area contributed by atoms with Gasteiger partial charge in [-0.15, -0.1) is 0 Å². The van der Waals surface area contributed by atoms with Crippen molar-refractivity contribution in [1.82, 2.24) is 5.32 Å². The molecule has 0 aromatic carbocycles. The van der Waals surface area contributed by atoms with Crippen LogP contribution >= 0.6 is 0 Å². The summed E-state index contributed by atoms with van der Waals surface area (Å²) in [6.45, 7) is 1.95. The van der Waals surface area contributed by atoms with Crippen molar-refractivity contribution in [3.63, 3.8) is 0 Å². The molecule has 1 amide bonds. The summed E-state index contributed by atoms with van der Waals surface area (Å²) in [5, 5.41) is 11.9. The fourth-order valence-corrected chi connectivity index (χ4v) is 3.23. The largest absolute Gasteiger partial charge is 0.481 e. The molecule has 20 heavy (non-hydrogen) atoms. The highest BCUT2D eigenvalue weighted by atomic mass is 16.5. The summed E-state index contributed by atoms with van der Waals surface area (Å²) < 4.78 is 5.88. The Morgan fingerprint density at radius 1 is 1.25 bits per heavy atom. The Kier molecular flexibility index (Phi) is 5.40. The lowest BCUT2D eigenvalue weighted by atomic mass is 10.1. The molecule has 5 heteroatoms. The first-order valence-electron chi connectivity index (χ1n) is 7.78. The maximum Gasteiger partial charge on any atom is 0.306 e. The predicted molar refractivity (Wildman–Crippen MR) is 74.3 cm³/mol. The first-order valence-corrected chi connectivity index (χ1v) is 7.78. The Morgan fingerprint density at radius 2 is 1.95 bits per heavy atom. The van der Waals surface area contributed by atoms with E-state index in [-0.39, 0.29) is 30.1 Å². The Balaban J connectivity index is 1.78. The highest BCUT2D eigenvalue weighted by Gasteiger charge is 2.32. The molecule has 2 fully saturated rings. The lowest BCUT2D eigenvalue weighted by Gasteiger charge is -2.22. The summed E-state index contributed by atoms with van der Waals surface area (Å²) in [6, 6.07) is -0.00942. The number of hydrogen-bond acceptors (Lipinski definition) is 3. The second-order valence-corrected chi connectivity index (χ2v) is 5.99. The van der Waals surface area contributed by atoms with Crippen LogP contribution in [-0.4, -0.2) is 35.2 Å². The Hall–Kier alpha value is -1.10. The van der Waals surface area contributed by atoms with Gasteiger partial charge in [0.05, 0.1) is 12.0 Å². The van der Waals surface area contributed by atoms with E-state index in [1.54, 1.807) is 0 Å². The molecule has 0 radical (unpaired) electrons. The highest BCUT2D eigenvalue weighted by molar-refractivity contribution is 5.81. The Bertz CT molecular complexity index is 352. The van der Waals surface area contributed by atoms with Crippen molar-refractivity contribution in [3.8, 4) is 0 Å². The van der Waals surface area contributed by atoms with Crippen LogP contribution in [0.25, 0.3) is 0 Å². The van der Waals surface area contributed by atoms with Crippen LogP contribution in [0.5, 0.6) is 0 Å². The van der Waals surface area contributed by atoms with Crippen molar-refractivity contribution in [3.05, 3.63) is 0 Å². The molecule has 3 atom stereocenters. The van der Waals surface area contributed by atoms with Crippen LogP contribution in [0.15, 0.2) is 0 Å². The SMILES string of the molecule is CCC(OC1CCCC1)C(=O)N[C@@H]1CC[C@H](C(=O)O)C1. The maximum atomic E-state index is 12.2. The zero-order chi connectivity index (χ0) is 14.5. The van der Waals surface area contributed by atoms with Crippen LogP contribution in [0.4, 0.5) is 0 Å². The van der Waals surface area contributed by atoms with Crippen molar-refractivity contribution in [2.24, 2.45) is 5.92 Å². The third kappa shape index (κ3) is 3.95. The number of carboxylic acid groups (broad SMARTS) is 1. The molecule has 5 nitrogen and oxygen atoms in total. The molecule has 0 spiro atoms. The monoisotopic (exact) mass is 283 g/mol. The van der Waals surface area contributed by atoms with E-state index >= 15 is 0 Å². The molecule has 0 aliphatic heterocycles. The number of nitrogens with one attached hydrogen (secondary N) is 1. The molecule has 2 aliphatic rings. The fourth-order valence-electron chi connectivity index (χ4n) is 3.23. The standard InChI is InChI=1S/C15H25NO4/c1-2-13(20-12-5-3-4-6-12)14(17)16-11-8-7-10(9-11)15(18)19/h10-13H,2-9H2,1H3,(H,16,17)(H,18,19)/t10-,11+,13?/m0/s1. The van der Waals surface area contributed by atoms with Crippen LogP contribution in [0.1, 0.15) is 58.3 Å². The number of carbonyl (C=O) groups is 2. The van der Waals surface area contributed by atoms with Crippen LogP contribution in [0, 0.1) is 5.92 Å². The highest BCUT2D eigenvalue weighted by Crippen LogP contribution is 2.26. The summed E-state index contributed by atoms with van der Waals surface area (Å²) in [5.74, 6) is -1.14. The van der Waals surface area contributed by atoms with E-state index in [1.807, 2.05) is 6.92 Å². The minimum absolute atomic E-state index is 0.00942. The summed E-state index contributed by atoms with van der Waals surface area (Å²) in [5.41, 5.74) is 0. The van der Waals surface area contributed by atoms with Gasteiger partial charge in [0.1, 0.15) is 6.10 Å². The topological polar surface area (TPSA) is 75.6 Å². The number of aliphatic carboxylic acids is 1. The third-order valence-electron chi connectivity index (χ3n) is 4.45. The van der Waals surface area contributed by atoms with E-state index in [4.69, 9.17) is 9.84 Å². The van der Waals surface area contributed by atoms with Crippen molar-refractivity contribution in [2.75, 3.05) is 0 Å². The molecule has 114 valence electrons. The van der Waals surface area contributed by atoms with Gasteiger partial charge in [-0.1, -0.05) is 19.8 Å². The second kappa shape index (κ2) is 7.07. The molecule has 0 bridgehead atoms. The lowest BCUT2D eigenvalue weighted by molar-refractivity contribution is -0.142. The van der Waals surface area contributed by atoms with Gasteiger partial charge in [0.2, 0.25) is 5.91 Å². The minimum Gasteiger partial charge on any atom is -0.481 e. The Labute approximate surface area is 120 Å². The molecule has 2 N–H and O–H groups in total. The number of rotatable bonds is 6. The third-order valence-corrected chi connectivity index (χ3v) is 4.45. The normalized spacial score (nSPS) is 28.4. The fraction of sp³-hybridized carbons (Fsp3) is 0.867. The van der Waals surface area contributed by atoms with Gasteiger partial charge in [-0.25, -0.2) is 0 Å². The summed E-state index contributed by atoms with van der Waals surface area (Å²) in [7, 11) is 0. The summed E-state index contributed by atoms with van der Waals surface area (Å²) in [4.78, 5) is 23.1. The summed E-state index contributed by atoms with van der Waals surface area (Å²) >= 11 is 0. The molecule has 0 aromatic heterocycles. The van der Waals surface area contributed by atoms with Crippen molar-refractivity contribution < 1.29 is 19.4 Å². The van der Waals surface area contributed by atoms with E-state index < -0.39 is 5.97 Å². The van der Waals surface area contributed by atoms with Gasteiger partial charge < -0.3 is 15.2 Å². The van der Waals surface area contributed by atoms with Crippen LogP contribution in [0.2, 0.25) is 0 Å². The van der Waals surface area contributed by atoms with Gasteiger partial charge in [0.25, 0.3) is 0 Å². The zero-order valence-corrected chi connectivity index (χ0v) is 12.1. The van der Waals surface area contributed by atoms with Crippen LogP contribution < -0.4 is 5.32 Å². The van der Waals surface area contributed by atoms with E-state index in [9.17, 15) is 9.59 Å². The smallest absolute Gasteiger partial charge is 0.306 e. The van der Waals surface area contributed by atoms with E-state index in [1.165, 1.54) is 12.8 Å². The molecular weight excluding hydrogens is 258 g/mol. The van der Waals surface area contributed by atoms with Gasteiger partial charge >= 0.3 is 5.97 Å². The predicted octanol–water partition coefficient (Wildman–Crippen LogP) is 2.09. The first kappa shape index (κ1) is 15.3. The number of hydrogen-bond donors (Lipinski definition) is 2. The molecule has 2 saturated carbocycles.